The molecule has 2 rings (SSSR count). The minimum absolute atomic E-state index is 0.205. The molecular formula is C13H16N2O3. The zero-order valence-corrected chi connectivity index (χ0v) is 10.1. The van der Waals surface area contributed by atoms with Crippen LogP contribution >= 0.6 is 0 Å². The molecule has 96 valence electrons. The summed E-state index contributed by atoms with van der Waals surface area (Å²) in [7, 11) is 0. The first-order valence-corrected chi connectivity index (χ1v) is 5.97. The van der Waals surface area contributed by atoms with E-state index < -0.39 is 11.5 Å². The highest BCUT2D eigenvalue weighted by molar-refractivity contribution is 5.92. The summed E-state index contributed by atoms with van der Waals surface area (Å²) in [4.78, 5) is 26.2. The van der Waals surface area contributed by atoms with Crippen molar-refractivity contribution in [1.29, 1.82) is 0 Å². The second kappa shape index (κ2) is 4.86. The molecule has 0 spiro atoms. The van der Waals surface area contributed by atoms with Crippen LogP contribution in [0.3, 0.4) is 0 Å². The van der Waals surface area contributed by atoms with Gasteiger partial charge in [-0.1, -0.05) is 0 Å². The first-order chi connectivity index (χ1) is 8.48. The normalized spacial score (nSPS) is 18.6. The number of carbonyl (C=O) groups excluding carboxylic acids is 2. The number of Topliss-reactive ketones (excluding diaryl/α,β-unsaturated/α-hetero) is 1. The SMILES string of the molecule is NC(=O)c1ccc(CC2(O)CCC(=O)CC2)nc1. The first kappa shape index (κ1) is 12.7. The van der Waals surface area contributed by atoms with E-state index in [1.54, 1.807) is 12.1 Å². The number of nitrogens with two attached hydrogens (primary N) is 1. The molecule has 1 aliphatic carbocycles. The van der Waals surface area contributed by atoms with E-state index in [1.165, 1.54) is 6.20 Å². The van der Waals surface area contributed by atoms with Gasteiger partial charge in [0, 0.05) is 31.2 Å². The Balaban J connectivity index is 2.04. The molecule has 1 saturated carbocycles. The molecule has 1 fully saturated rings. The highest BCUT2D eigenvalue weighted by atomic mass is 16.3. The number of aliphatic hydroxyl groups is 1. The minimum Gasteiger partial charge on any atom is -0.389 e. The van der Waals surface area contributed by atoms with Crippen LogP contribution in [0.15, 0.2) is 18.3 Å². The topological polar surface area (TPSA) is 93.3 Å². The van der Waals surface area contributed by atoms with Gasteiger partial charge >= 0.3 is 0 Å². The highest BCUT2D eigenvalue weighted by Crippen LogP contribution is 2.29. The van der Waals surface area contributed by atoms with Crippen molar-refractivity contribution in [2.24, 2.45) is 5.73 Å². The fraction of sp³-hybridized carbons (Fsp3) is 0.462. The fourth-order valence-corrected chi connectivity index (χ4v) is 2.18. The van der Waals surface area contributed by atoms with Crippen LogP contribution in [0.4, 0.5) is 0 Å². The van der Waals surface area contributed by atoms with E-state index in [9.17, 15) is 14.7 Å². The average molecular weight is 248 g/mol. The molecule has 1 heterocycles. The molecule has 0 aromatic carbocycles. The molecular weight excluding hydrogens is 232 g/mol. The number of carbonyl (C=O) groups is 2. The third kappa shape index (κ3) is 2.92. The van der Waals surface area contributed by atoms with E-state index >= 15 is 0 Å². The van der Waals surface area contributed by atoms with E-state index in [0.29, 0.717) is 43.4 Å². The number of nitrogens with zero attached hydrogens (tertiary/aromatic N) is 1. The van der Waals surface area contributed by atoms with Gasteiger partial charge in [-0.15, -0.1) is 0 Å². The maximum atomic E-state index is 11.1. The van der Waals surface area contributed by atoms with Gasteiger partial charge in [-0.25, -0.2) is 0 Å². The Morgan fingerprint density at radius 2 is 2.06 bits per heavy atom. The molecule has 5 heteroatoms. The molecule has 18 heavy (non-hydrogen) atoms. The maximum absolute atomic E-state index is 11.1. The molecule has 0 aliphatic heterocycles. The standard InChI is InChI=1S/C13H16N2O3/c14-12(17)9-1-2-10(15-8-9)7-13(18)5-3-11(16)4-6-13/h1-2,8,18H,3-7H2,(H2,14,17). The zero-order valence-electron chi connectivity index (χ0n) is 10.1. The number of rotatable bonds is 3. The molecule has 5 nitrogen and oxygen atoms in total. The molecule has 1 aromatic heterocycles. The summed E-state index contributed by atoms with van der Waals surface area (Å²) in [5.41, 5.74) is 5.33. The molecule has 1 aromatic rings. The fourth-order valence-electron chi connectivity index (χ4n) is 2.18. The predicted molar refractivity (Wildman–Crippen MR) is 64.9 cm³/mol. The van der Waals surface area contributed by atoms with E-state index in [2.05, 4.69) is 4.98 Å². The van der Waals surface area contributed by atoms with Crippen molar-refractivity contribution in [1.82, 2.24) is 4.98 Å². The lowest BCUT2D eigenvalue weighted by Gasteiger charge is -2.31. The Bertz CT molecular complexity index is 458. The van der Waals surface area contributed by atoms with E-state index in [-0.39, 0.29) is 5.78 Å². The van der Waals surface area contributed by atoms with Crippen molar-refractivity contribution in [2.75, 3.05) is 0 Å². The maximum Gasteiger partial charge on any atom is 0.250 e. The molecule has 0 atom stereocenters. The second-order valence-corrected chi connectivity index (χ2v) is 4.84. The lowest BCUT2D eigenvalue weighted by molar-refractivity contribution is -0.125. The molecule has 1 amide bonds. The Morgan fingerprint density at radius 1 is 1.39 bits per heavy atom. The van der Waals surface area contributed by atoms with Crippen molar-refractivity contribution >= 4 is 11.7 Å². The van der Waals surface area contributed by atoms with Gasteiger partial charge < -0.3 is 10.8 Å². The van der Waals surface area contributed by atoms with Crippen LogP contribution in [0.2, 0.25) is 0 Å². The molecule has 0 radical (unpaired) electrons. The van der Waals surface area contributed by atoms with Crippen LogP contribution in [-0.4, -0.2) is 27.4 Å². The molecule has 3 N–H and O–H groups in total. The number of hydrogen-bond donors (Lipinski definition) is 2. The second-order valence-electron chi connectivity index (χ2n) is 4.84. The number of hydrogen-bond acceptors (Lipinski definition) is 4. The minimum atomic E-state index is -0.852. The number of ketones is 1. The average Bonchev–Trinajstić information content (AvgIpc) is 2.34. The third-order valence-electron chi connectivity index (χ3n) is 3.36. The van der Waals surface area contributed by atoms with Gasteiger partial charge in [0.2, 0.25) is 5.91 Å². The van der Waals surface area contributed by atoms with Crippen molar-refractivity contribution in [3.05, 3.63) is 29.6 Å². The van der Waals surface area contributed by atoms with Gasteiger partial charge in [-0.2, -0.15) is 0 Å². The third-order valence-corrected chi connectivity index (χ3v) is 3.36. The van der Waals surface area contributed by atoms with Crippen LogP contribution in [0, 0.1) is 0 Å². The van der Waals surface area contributed by atoms with Crippen LogP contribution in [0.1, 0.15) is 41.7 Å². The van der Waals surface area contributed by atoms with E-state index in [1.807, 2.05) is 0 Å². The smallest absolute Gasteiger partial charge is 0.250 e. The van der Waals surface area contributed by atoms with Crippen LogP contribution in [0.25, 0.3) is 0 Å². The summed E-state index contributed by atoms with van der Waals surface area (Å²) in [5, 5.41) is 10.3. The van der Waals surface area contributed by atoms with Gasteiger partial charge in [-0.3, -0.25) is 14.6 Å². The van der Waals surface area contributed by atoms with Gasteiger partial charge in [0.05, 0.1) is 11.2 Å². The summed E-state index contributed by atoms with van der Waals surface area (Å²) >= 11 is 0. The van der Waals surface area contributed by atoms with Crippen LogP contribution in [0.5, 0.6) is 0 Å². The van der Waals surface area contributed by atoms with E-state index in [0.717, 1.165) is 0 Å². The van der Waals surface area contributed by atoms with Gasteiger partial charge in [0.15, 0.2) is 0 Å². The van der Waals surface area contributed by atoms with Gasteiger partial charge in [0.25, 0.3) is 0 Å². The van der Waals surface area contributed by atoms with Crippen LogP contribution < -0.4 is 5.73 Å². The number of primary amides is 1. The number of aromatic nitrogens is 1. The quantitative estimate of drug-likeness (QED) is 0.819. The lowest BCUT2D eigenvalue weighted by Crippen LogP contribution is -2.36. The van der Waals surface area contributed by atoms with Crippen LogP contribution in [-0.2, 0) is 11.2 Å². The highest BCUT2D eigenvalue weighted by Gasteiger charge is 2.32. The zero-order chi connectivity index (χ0) is 13.2. The molecule has 0 unspecified atom stereocenters. The lowest BCUT2D eigenvalue weighted by atomic mass is 9.81. The Kier molecular flexibility index (Phi) is 3.43. The Morgan fingerprint density at radius 3 is 2.56 bits per heavy atom. The van der Waals surface area contributed by atoms with Crippen molar-refractivity contribution < 1.29 is 14.7 Å². The first-order valence-electron chi connectivity index (χ1n) is 5.97. The summed E-state index contributed by atoms with van der Waals surface area (Å²) in [5.74, 6) is -0.312. The van der Waals surface area contributed by atoms with Gasteiger partial charge in [-0.05, 0) is 25.0 Å². The van der Waals surface area contributed by atoms with Crippen molar-refractivity contribution in [3.8, 4) is 0 Å². The largest absolute Gasteiger partial charge is 0.389 e. The predicted octanol–water partition coefficient (Wildman–Crippen LogP) is 0.597. The van der Waals surface area contributed by atoms with Crippen molar-refractivity contribution in [2.45, 2.75) is 37.7 Å². The monoisotopic (exact) mass is 248 g/mol. The molecule has 0 saturated heterocycles. The van der Waals surface area contributed by atoms with Crippen molar-refractivity contribution in [3.63, 3.8) is 0 Å². The summed E-state index contributed by atoms with van der Waals surface area (Å²) in [6.45, 7) is 0. The molecule has 1 aliphatic rings. The summed E-state index contributed by atoms with van der Waals surface area (Å²) in [6.07, 6.45) is 3.62. The van der Waals surface area contributed by atoms with E-state index in [4.69, 9.17) is 5.73 Å². The molecule has 0 bridgehead atoms. The number of pyridine rings is 1. The summed E-state index contributed by atoms with van der Waals surface area (Å²) in [6, 6.07) is 3.29. The summed E-state index contributed by atoms with van der Waals surface area (Å²) < 4.78 is 0. The number of amides is 1. The Labute approximate surface area is 105 Å². The van der Waals surface area contributed by atoms with Gasteiger partial charge in [0.1, 0.15) is 5.78 Å². The Hall–Kier alpha value is -1.75.